The third-order valence-electron chi connectivity index (χ3n) is 8.12. The first-order chi connectivity index (χ1) is 20.5. The maximum atomic E-state index is 13.8. The molecule has 4 aromatic rings. The highest BCUT2D eigenvalue weighted by Gasteiger charge is 2.28. The molecule has 2 aliphatic rings. The van der Waals surface area contributed by atoms with Crippen LogP contribution in [0.5, 0.6) is 0 Å². The summed E-state index contributed by atoms with van der Waals surface area (Å²) in [5.74, 6) is -0.676. The fraction of sp³-hybridized carbons (Fsp3) is 0.235. The second-order valence-corrected chi connectivity index (χ2v) is 10.6. The summed E-state index contributed by atoms with van der Waals surface area (Å²) in [5, 5.41) is 0. The molecule has 0 atom stereocenters. The first-order valence-corrected chi connectivity index (χ1v) is 14.3. The Morgan fingerprint density at radius 3 is 1.14 bits per heavy atom. The Hall–Kier alpha value is -4.72. The van der Waals surface area contributed by atoms with Gasteiger partial charge in [0.15, 0.2) is 0 Å². The summed E-state index contributed by atoms with van der Waals surface area (Å²) >= 11 is 0. The van der Waals surface area contributed by atoms with Crippen LogP contribution in [0.25, 0.3) is 11.1 Å². The summed E-state index contributed by atoms with van der Waals surface area (Å²) in [6.07, 6.45) is 0. The van der Waals surface area contributed by atoms with Crippen LogP contribution in [0.1, 0.15) is 20.7 Å². The zero-order valence-electron chi connectivity index (χ0n) is 23.3. The van der Waals surface area contributed by atoms with Crippen LogP contribution in [0, 0.1) is 11.6 Å². The van der Waals surface area contributed by atoms with Crippen molar-refractivity contribution in [3.05, 3.63) is 120 Å². The minimum Gasteiger partial charge on any atom is -0.368 e. The molecule has 0 bridgehead atoms. The zero-order chi connectivity index (χ0) is 29.1. The molecule has 0 radical (unpaired) electrons. The Balaban J connectivity index is 1.17. The molecule has 2 saturated heterocycles. The van der Waals surface area contributed by atoms with E-state index >= 15 is 0 Å². The maximum Gasteiger partial charge on any atom is 0.254 e. The van der Waals surface area contributed by atoms with E-state index in [2.05, 4.69) is 9.80 Å². The van der Waals surface area contributed by atoms with Gasteiger partial charge in [0.25, 0.3) is 11.8 Å². The van der Waals surface area contributed by atoms with E-state index in [-0.39, 0.29) is 23.4 Å². The lowest BCUT2D eigenvalue weighted by Gasteiger charge is -2.37. The molecular formula is C34H32F2N4O2. The number of carbonyl (C=O) groups is 2. The molecule has 4 aromatic carbocycles. The Morgan fingerprint density at radius 1 is 0.452 bits per heavy atom. The fourth-order valence-corrected chi connectivity index (χ4v) is 5.79. The van der Waals surface area contributed by atoms with Gasteiger partial charge in [-0.2, -0.15) is 0 Å². The summed E-state index contributed by atoms with van der Waals surface area (Å²) in [7, 11) is 0. The van der Waals surface area contributed by atoms with Gasteiger partial charge in [0.1, 0.15) is 11.6 Å². The number of carbonyl (C=O) groups excluding carboxylic acids is 2. The highest BCUT2D eigenvalue weighted by molar-refractivity contribution is 6.06. The normalized spacial score (nSPS) is 15.6. The molecule has 0 spiro atoms. The van der Waals surface area contributed by atoms with Crippen molar-refractivity contribution in [2.45, 2.75) is 0 Å². The predicted octanol–water partition coefficient (Wildman–Crippen LogP) is 5.56. The summed E-state index contributed by atoms with van der Waals surface area (Å²) in [4.78, 5) is 35.6. The van der Waals surface area contributed by atoms with E-state index in [1.807, 2.05) is 58.3 Å². The zero-order valence-corrected chi connectivity index (χ0v) is 23.3. The van der Waals surface area contributed by atoms with Crippen molar-refractivity contribution in [3.63, 3.8) is 0 Å². The number of rotatable bonds is 5. The number of anilines is 2. The number of hydrogen-bond acceptors (Lipinski definition) is 4. The van der Waals surface area contributed by atoms with Crippen molar-refractivity contribution in [1.82, 2.24) is 9.80 Å². The monoisotopic (exact) mass is 566 g/mol. The fourth-order valence-electron chi connectivity index (χ4n) is 5.79. The van der Waals surface area contributed by atoms with Crippen LogP contribution >= 0.6 is 0 Å². The second-order valence-electron chi connectivity index (χ2n) is 10.6. The number of amides is 2. The van der Waals surface area contributed by atoms with E-state index in [0.717, 1.165) is 22.5 Å². The van der Waals surface area contributed by atoms with E-state index in [4.69, 9.17) is 0 Å². The van der Waals surface area contributed by atoms with Crippen molar-refractivity contribution in [1.29, 1.82) is 0 Å². The van der Waals surface area contributed by atoms with E-state index < -0.39 is 0 Å². The molecule has 0 saturated carbocycles. The highest BCUT2D eigenvalue weighted by atomic mass is 19.1. The van der Waals surface area contributed by atoms with Crippen LogP contribution in [0.15, 0.2) is 97.1 Å². The number of benzene rings is 4. The lowest BCUT2D eigenvalue weighted by atomic mass is 9.93. The molecule has 0 N–H and O–H groups in total. The topological polar surface area (TPSA) is 47.1 Å². The van der Waals surface area contributed by atoms with E-state index in [1.54, 1.807) is 24.3 Å². The lowest BCUT2D eigenvalue weighted by molar-refractivity contribution is 0.0737. The molecule has 2 amide bonds. The quantitative estimate of drug-likeness (QED) is 0.318. The molecule has 214 valence electrons. The summed E-state index contributed by atoms with van der Waals surface area (Å²) in [6, 6.07) is 27.8. The van der Waals surface area contributed by atoms with Crippen molar-refractivity contribution in [3.8, 4) is 11.1 Å². The van der Waals surface area contributed by atoms with Crippen molar-refractivity contribution in [2.75, 3.05) is 62.2 Å². The molecule has 42 heavy (non-hydrogen) atoms. The smallest absolute Gasteiger partial charge is 0.254 e. The SMILES string of the molecule is O=C(c1ccccc1-c1ccccc1C(=O)N1CCN(c2ccc(F)cc2)CC1)N1CCN(c2ccc(F)cc2)CC1. The minimum absolute atomic E-state index is 0.0699. The summed E-state index contributed by atoms with van der Waals surface area (Å²) in [5.41, 5.74) is 4.47. The molecule has 2 aliphatic heterocycles. The summed E-state index contributed by atoms with van der Waals surface area (Å²) in [6.45, 7) is 4.79. The molecule has 0 aliphatic carbocycles. The number of halogens is 2. The van der Waals surface area contributed by atoms with Gasteiger partial charge in [-0.3, -0.25) is 9.59 Å². The molecule has 0 aromatic heterocycles. The van der Waals surface area contributed by atoms with Crippen LogP contribution < -0.4 is 9.80 Å². The van der Waals surface area contributed by atoms with Gasteiger partial charge < -0.3 is 19.6 Å². The first-order valence-electron chi connectivity index (χ1n) is 14.3. The number of hydrogen-bond donors (Lipinski definition) is 0. The highest BCUT2D eigenvalue weighted by Crippen LogP contribution is 2.30. The van der Waals surface area contributed by atoms with Gasteiger partial charge in [-0.15, -0.1) is 0 Å². The van der Waals surface area contributed by atoms with Crippen LogP contribution in [0.4, 0.5) is 20.2 Å². The van der Waals surface area contributed by atoms with Crippen LogP contribution in [-0.2, 0) is 0 Å². The van der Waals surface area contributed by atoms with Crippen LogP contribution in [0.2, 0.25) is 0 Å². The standard InChI is InChI=1S/C34H32F2N4O2/c35-25-9-13-27(14-10-25)37-17-21-39(22-18-37)33(41)31-7-3-1-5-29(31)30-6-2-4-8-32(30)34(42)40-23-19-38(20-24-40)28-15-11-26(36)12-16-28/h1-16H,17-24H2. The van der Waals surface area contributed by atoms with E-state index in [1.165, 1.54) is 24.3 Å². The Bertz CT molecular complexity index is 1440. The van der Waals surface area contributed by atoms with Crippen molar-refractivity contribution < 1.29 is 18.4 Å². The molecule has 0 unspecified atom stereocenters. The third kappa shape index (κ3) is 5.70. The Morgan fingerprint density at radius 2 is 0.786 bits per heavy atom. The third-order valence-corrected chi connectivity index (χ3v) is 8.12. The Kier molecular flexibility index (Phi) is 7.86. The van der Waals surface area contributed by atoms with E-state index in [0.29, 0.717) is 63.5 Å². The molecule has 6 nitrogen and oxygen atoms in total. The first kappa shape index (κ1) is 27.4. The maximum absolute atomic E-state index is 13.8. The van der Waals surface area contributed by atoms with Crippen LogP contribution in [-0.4, -0.2) is 74.0 Å². The predicted molar refractivity (Wildman–Crippen MR) is 161 cm³/mol. The minimum atomic E-state index is -0.268. The van der Waals surface area contributed by atoms with E-state index in [9.17, 15) is 18.4 Å². The molecular weight excluding hydrogens is 534 g/mol. The lowest BCUT2D eigenvalue weighted by Crippen LogP contribution is -2.49. The average molecular weight is 567 g/mol. The van der Waals surface area contributed by atoms with Gasteiger partial charge in [0, 0.05) is 74.9 Å². The molecule has 6 rings (SSSR count). The summed E-state index contributed by atoms with van der Waals surface area (Å²) < 4.78 is 26.7. The Labute approximate surface area is 244 Å². The van der Waals surface area contributed by atoms with Gasteiger partial charge in [-0.05, 0) is 71.8 Å². The largest absolute Gasteiger partial charge is 0.368 e. The molecule has 2 fully saturated rings. The van der Waals surface area contributed by atoms with Crippen molar-refractivity contribution in [2.24, 2.45) is 0 Å². The van der Waals surface area contributed by atoms with Gasteiger partial charge in [-0.1, -0.05) is 36.4 Å². The van der Waals surface area contributed by atoms with Gasteiger partial charge in [0.05, 0.1) is 0 Å². The average Bonchev–Trinajstić information content (AvgIpc) is 3.05. The van der Waals surface area contributed by atoms with Crippen molar-refractivity contribution >= 4 is 23.2 Å². The molecule has 8 heteroatoms. The number of nitrogens with zero attached hydrogens (tertiary/aromatic N) is 4. The second kappa shape index (κ2) is 12.0. The van der Waals surface area contributed by atoms with Gasteiger partial charge in [-0.25, -0.2) is 8.78 Å². The van der Waals surface area contributed by atoms with Crippen LogP contribution in [0.3, 0.4) is 0 Å². The molecule has 2 heterocycles. The van der Waals surface area contributed by atoms with Gasteiger partial charge >= 0.3 is 0 Å². The van der Waals surface area contributed by atoms with Gasteiger partial charge in [0.2, 0.25) is 0 Å². The number of piperazine rings is 2.